The standard InChI is InChI=1S/C24H20O/c25-19-15-21-20-13-7-8-14-22(20)24(16-19,18-11-5-2-6-12-18)23(21)17-9-3-1-4-10-17/h1-14,21,23H,15-16H2/t21-,23-,24-/m1/s1. The number of carbonyl (C=O) groups excluding carboxylic acids is 1. The first-order valence-electron chi connectivity index (χ1n) is 9.02. The molecule has 0 radical (unpaired) electrons. The molecule has 1 nitrogen and oxygen atoms in total. The van der Waals surface area contributed by atoms with E-state index in [4.69, 9.17) is 0 Å². The van der Waals surface area contributed by atoms with Crippen LogP contribution in [0.4, 0.5) is 0 Å². The van der Waals surface area contributed by atoms with Crippen LogP contribution in [-0.4, -0.2) is 5.78 Å². The highest BCUT2D eigenvalue weighted by Crippen LogP contribution is 2.64. The number of fused-ring (bicyclic) bond motifs is 5. The van der Waals surface area contributed by atoms with Crippen LogP contribution in [0.25, 0.3) is 0 Å². The Hall–Kier alpha value is -2.67. The van der Waals surface area contributed by atoms with Crippen molar-refractivity contribution < 1.29 is 4.79 Å². The van der Waals surface area contributed by atoms with E-state index < -0.39 is 0 Å². The predicted octanol–water partition coefficient (Wildman–Crippen LogP) is 5.22. The SMILES string of the molecule is O=C1C[C@@H]2c3ccccc3[C@](c3ccccc3)(C1)[C@@H]2c1ccccc1. The van der Waals surface area contributed by atoms with E-state index in [0.717, 1.165) is 0 Å². The highest BCUT2D eigenvalue weighted by molar-refractivity contribution is 5.86. The number of rotatable bonds is 2. The number of benzene rings is 3. The molecule has 0 heterocycles. The minimum Gasteiger partial charge on any atom is -0.300 e. The molecule has 0 spiro atoms. The van der Waals surface area contributed by atoms with Gasteiger partial charge in [-0.15, -0.1) is 0 Å². The lowest BCUT2D eigenvalue weighted by molar-refractivity contribution is -0.122. The molecule has 0 saturated heterocycles. The van der Waals surface area contributed by atoms with Crippen LogP contribution < -0.4 is 0 Å². The normalized spacial score (nSPS) is 27.1. The molecule has 3 aromatic carbocycles. The molecule has 25 heavy (non-hydrogen) atoms. The summed E-state index contributed by atoms with van der Waals surface area (Å²) in [6.07, 6.45) is 1.26. The van der Waals surface area contributed by atoms with E-state index in [1.807, 2.05) is 0 Å². The maximum Gasteiger partial charge on any atom is 0.134 e. The molecule has 1 saturated carbocycles. The summed E-state index contributed by atoms with van der Waals surface area (Å²) in [5, 5.41) is 0. The first kappa shape index (κ1) is 14.7. The molecule has 2 aliphatic carbocycles. The molecule has 122 valence electrons. The molecule has 0 amide bonds. The van der Waals surface area contributed by atoms with E-state index in [0.29, 0.717) is 24.5 Å². The van der Waals surface area contributed by atoms with Crippen LogP contribution in [0.2, 0.25) is 0 Å². The van der Waals surface area contributed by atoms with E-state index in [2.05, 4.69) is 84.9 Å². The first-order chi connectivity index (χ1) is 12.3. The van der Waals surface area contributed by atoms with Gasteiger partial charge in [-0.25, -0.2) is 0 Å². The van der Waals surface area contributed by atoms with Crippen molar-refractivity contribution >= 4 is 5.78 Å². The molecule has 1 fully saturated rings. The number of carbonyl (C=O) groups is 1. The zero-order valence-electron chi connectivity index (χ0n) is 14.1. The van der Waals surface area contributed by atoms with Crippen LogP contribution in [0, 0.1) is 0 Å². The number of Topliss-reactive ketones (excluding diaryl/α,β-unsaturated/α-hetero) is 1. The lowest BCUT2D eigenvalue weighted by atomic mass is 9.59. The topological polar surface area (TPSA) is 17.1 Å². The summed E-state index contributed by atoms with van der Waals surface area (Å²) >= 11 is 0. The number of hydrogen-bond acceptors (Lipinski definition) is 1. The van der Waals surface area contributed by atoms with Gasteiger partial charge >= 0.3 is 0 Å². The highest BCUT2D eigenvalue weighted by atomic mass is 16.1. The van der Waals surface area contributed by atoms with E-state index in [9.17, 15) is 4.79 Å². The lowest BCUT2D eigenvalue weighted by Crippen LogP contribution is -2.39. The average Bonchev–Trinajstić information content (AvgIpc) is 2.86. The third kappa shape index (κ3) is 1.99. The molecular formula is C24H20O. The zero-order valence-corrected chi connectivity index (χ0v) is 14.1. The average molecular weight is 324 g/mol. The smallest absolute Gasteiger partial charge is 0.134 e. The third-order valence-electron chi connectivity index (χ3n) is 6.15. The summed E-state index contributed by atoms with van der Waals surface area (Å²) in [4.78, 5) is 12.7. The van der Waals surface area contributed by atoms with Gasteiger partial charge in [0, 0.05) is 24.2 Å². The van der Waals surface area contributed by atoms with Crippen molar-refractivity contribution in [3.63, 3.8) is 0 Å². The van der Waals surface area contributed by atoms with Crippen molar-refractivity contribution in [2.75, 3.05) is 0 Å². The van der Waals surface area contributed by atoms with Crippen LogP contribution in [0.1, 0.15) is 46.9 Å². The minimum atomic E-state index is -0.237. The van der Waals surface area contributed by atoms with Crippen molar-refractivity contribution in [1.29, 1.82) is 0 Å². The van der Waals surface area contributed by atoms with E-state index in [1.165, 1.54) is 22.3 Å². The molecule has 0 N–H and O–H groups in total. The zero-order chi connectivity index (χ0) is 16.9. The summed E-state index contributed by atoms with van der Waals surface area (Å²) in [6, 6.07) is 30.2. The van der Waals surface area contributed by atoms with Gasteiger partial charge in [0.2, 0.25) is 0 Å². The van der Waals surface area contributed by atoms with Gasteiger partial charge in [0.15, 0.2) is 0 Å². The summed E-state index contributed by atoms with van der Waals surface area (Å²) in [7, 11) is 0. The van der Waals surface area contributed by atoms with Gasteiger partial charge in [-0.1, -0.05) is 84.9 Å². The number of hydrogen-bond donors (Lipinski definition) is 0. The molecule has 1 heteroatoms. The Kier molecular flexibility index (Phi) is 3.18. The van der Waals surface area contributed by atoms with Gasteiger partial charge in [-0.3, -0.25) is 4.79 Å². The summed E-state index contributed by atoms with van der Waals surface area (Å²) in [6.45, 7) is 0. The Morgan fingerprint density at radius 1 is 0.760 bits per heavy atom. The van der Waals surface area contributed by atoms with Gasteiger partial charge in [-0.05, 0) is 28.2 Å². The van der Waals surface area contributed by atoms with E-state index >= 15 is 0 Å². The minimum absolute atomic E-state index is 0.237. The van der Waals surface area contributed by atoms with Crippen molar-refractivity contribution in [3.05, 3.63) is 107 Å². The van der Waals surface area contributed by atoms with Gasteiger partial charge in [0.1, 0.15) is 5.78 Å². The molecule has 0 aliphatic heterocycles. The number of ketones is 1. The summed E-state index contributed by atoms with van der Waals surface area (Å²) in [5.74, 6) is 0.989. The summed E-state index contributed by atoms with van der Waals surface area (Å²) in [5.41, 5.74) is 5.10. The van der Waals surface area contributed by atoms with E-state index in [1.54, 1.807) is 0 Å². The van der Waals surface area contributed by atoms with Gasteiger partial charge in [0.25, 0.3) is 0 Å². The van der Waals surface area contributed by atoms with Crippen molar-refractivity contribution in [1.82, 2.24) is 0 Å². The van der Waals surface area contributed by atoms with Crippen molar-refractivity contribution in [2.45, 2.75) is 30.1 Å². The maximum absolute atomic E-state index is 12.7. The Morgan fingerprint density at radius 2 is 1.40 bits per heavy atom. The van der Waals surface area contributed by atoms with Crippen molar-refractivity contribution in [3.8, 4) is 0 Å². The van der Waals surface area contributed by atoms with Crippen LogP contribution >= 0.6 is 0 Å². The predicted molar refractivity (Wildman–Crippen MR) is 99.8 cm³/mol. The molecule has 2 bridgehead atoms. The highest BCUT2D eigenvalue weighted by Gasteiger charge is 2.57. The van der Waals surface area contributed by atoms with Crippen LogP contribution in [0.15, 0.2) is 84.9 Å². The van der Waals surface area contributed by atoms with Crippen LogP contribution in [0.5, 0.6) is 0 Å². The molecule has 3 aromatic rings. The second-order valence-corrected chi connectivity index (χ2v) is 7.34. The van der Waals surface area contributed by atoms with Crippen molar-refractivity contribution in [2.24, 2.45) is 0 Å². The van der Waals surface area contributed by atoms with Crippen LogP contribution in [0.3, 0.4) is 0 Å². The molecule has 5 rings (SSSR count). The first-order valence-corrected chi connectivity index (χ1v) is 9.02. The molecular weight excluding hydrogens is 304 g/mol. The van der Waals surface area contributed by atoms with Gasteiger partial charge in [-0.2, -0.15) is 0 Å². The molecule has 0 aromatic heterocycles. The Bertz CT molecular complexity index is 929. The Labute approximate surface area is 148 Å². The monoisotopic (exact) mass is 324 g/mol. The quantitative estimate of drug-likeness (QED) is 0.632. The third-order valence-corrected chi connectivity index (χ3v) is 6.15. The fraction of sp³-hybridized carbons (Fsp3) is 0.208. The second kappa shape index (κ2) is 5.42. The summed E-state index contributed by atoms with van der Waals surface area (Å²) < 4.78 is 0. The fourth-order valence-electron chi connectivity index (χ4n) is 5.33. The van der Waals surface area contributed by atoms with Gasteiger partial charge in [0.05, 0.1) is 0 Å². The Morgan fingerprint density at radius 3 is 2.16 bits per heavy atom. The lowest BCUT2D eigenvalue weighted by Gasteiger charge is -2.42. The maximum atomic E-state index is 12.7. The second-order valence-electron chi connectivity index (χ2n) is 7.34. The fourth-order valence-corrected chi connectivity index (χ4v) is 5.33. The molecule has 0 unspecified atom stereocenters. The van der Waals surface area contributed by atoms with Gasteiger partial charge < -0.3 is 0 Å². The Balaban J connectivity index is 1.84. The largest absolute Gasteiger partial charge is 0.300 e. The van der Waals surface area contributed by atoms with E-state index in [-0.39, 0.29) is 11.3 Å². The van der Waals surface area contributed by atoms with Crippen LogP contribution in [-0.2, 0) is 10.2 Å². The molecule has 3 atom stereocenters. The molecule has 2 aliphatic rings.